The molecule has 0 saturated heterocycles. The fourth-order valence-corrected chi connectivity index (χ4v) is 3.95. The third kappa shape index (κ3) is 5.80. The van der Waals surface area contributed by atoms with Crippen LogP contribution in [0, 0.1) is 6.92 Å². The van der Waals surface area contributed by atoms with Gasteiger partial charge in [0, 0.05) is 17.8 Å². The van der Waals surface area contributed by atoms with E-state index in [0.29, 0.717) is 27.6 Å². The Balaban J connectivity index is 1.59. The fourth-order valence-electron chi connectivity index (χ4n) is 3.05. The second-order valence-electron chi connectivity index (χ2n) is 7.63. The standard InChI is InChI=1S/C23H27ClN4O2S/c1-14(2)17-9-11-18(12-10-17)30-16(4)22-26-27-23(28(22)5)31-13-21(29)25-20-8-6-7-19(24)15(20)3/h6-12,14,16H,13H2,1-5H3,(H,25,29). The van der Waals surface area contributed by atoms with Crippen LogP contribution in [0.3, 0.4) is 0 Å². The van der Waals surface area contributed by atoms with Gasteiger partial charge in [0.05, 0.1) is 5.75 Å². The number of aromatic nitrogens is 3. The summed E-state index contributed by atoms with van der Waals surface area (Å²) < 4.78 is 7.89. The lowest BCUT2D eigenvalue weighted by Crippen LogP contribution is -2.15. The van der Waals surface area contributed by atoms with E-state index in [1.165, 1.54) is 17.3 Å². The Bertz CT molecular complexity index is 1050. The number of amides is 1. The molecule has 0 spiro atoms. The van der Waals surface area contributed by atoms with Crippen LogP contribution < -0.4 is 10.1 Å². The molecule has 164 valence electrons. The molecule has 3 rings (SSSR count). The van der Waals surface area contributed by atoms with Crippen molar-refractivity contribution in [3.63, 3.8) is 0 Å². The lowest BCUT2D eigenvalue weighted by molar-refractivity contribution is -0.113. The number of ether oxygens (including phenoxy) is 1. The Morgan fingerprint density at radius 2 is 1.87 bits per heavy atom. The summed E-state index contributed by atoms with van der Waals surface area (Å²) in [5.74, 6) is 2.04. The minimum Gasteiger partial charge on any atom is -0.483 e. The van der Waals surface area contributed by atoms with E-state index < -0.39 is 0 Å². The maximum Gasteiger partial charge on any atom is 0.234 e. The highest BCUT2D eigenvalue weighted by atomic mass is 35.5. The molecule has 0 radical (unpaired) electrons. The third-order valence-corrected chi connectivity index (χ3v) is 6.40. The Morgan fingerprint density at radius 3 is 2.55 bits per heavy atom. The van der Waals surface area contributed by atoms with Crippen LogP contribution in [0.15, 0.2) is 47.6 Å². The first-order valence-electron chi connectivity index (χ1n) is 10.1. The van der Waals surface area contributed by atoms with Gasteiger partial charge < -0.3 is 14.6 Å². The lowest BCUT2D eigenvalue weighted by Gasteiger charge is -2.15. The van der Waals surface area contributed by atoms with Crippen LogP contribution in [0.2, 0.25) is 5.02 Å². The average Bonchev–Trinajstić information content (AvgIpc) is 3.11. The summed E-state index contributed by atoms with van der Waals surface area (Å²) >= 11 is 7.44. The summed E-state index contributed by atoms with van der Waals surface area (Å²) in [5.41, 5.74) is 2.82. The summed E-state index contributed by atoms with van der Waals surface area (Å²) in [7, 11) is 1.87. The molecule has 2 aromatic carbocycles. The summed E-state index contributed by atoms with van der Waals surface area (Å²) in [6, 6.07) is 13.5. The number of nitrogens with zero attached hydrogens (tertiary/aromatic N) is 3. The van der Waals surface area contributed by atoms with E-state index >= 15 is 0 Å². The van der Waals surface area contributed by atoms with Crippen molar-refractivity contribution in [3.8, 4) is 5.75 Å². The first kappa shape index (κ1) is 23.2. The number of rotatable bonds is 8. The molecule has 1 aromatic heterocycles. The SMILES string of the molecule is Cc1c(Cl)cccc1NC(=O)CSc1nnc(C(C)Oc2ccc(C(C)C)cc2)n1C. The van der Waals surface area contributed by atoms with E-state index in [-0.39, 0.29) is 17.8 Å². The lowest BCUT2D eigenvalue weighted by atomic mass is 10.0. The molecule has 0 aliphatic heterocycles. The van der Waals surface area contributed by atoms with Crippen LogP contribution in [0.4, 0.5) is 5.69 Å². The molecule has 3 aromatic rings. The minimum atomic E-state index is -0.278. The molecule has 8 heteroatoms. The van der Waals surface area contributed by atoms with Crippen LogP contribution in [0.5, 0.6) is 5.75 Å². The summed E-state index contributed by atoms with van der Waals surface area (Å²) in [5, 5.41) is 12.6. The molecule has 0 aliphatic carbocycles. The van der Waals surface area contributed by atoms with Gasteiger partial charge in [-0.05, 0) is 55.2 Å². The van der Waals surface area contributed by atoms with Gasteiger partial charge in [0.2, 0.25) is 5.91 Å². The number of hydrogen-bond donors (Lipinski definition) is 1. The Hall–Kier alpha value is -2.51. The van der Waals surface area contributed by atoms with Gasteiger partial charge in [0.25, 0.3) is 0 Å². The third-order valence-electron chi connectivity index (χ3n) is 4.97. The van der Waals surface area contributed by atoms with Crippen LogP contribution in [0.25, 0.3) is 0 Å². The average molecular weight is 459 g/mol. The zero-order valence-corrected chi connectivity index (χ0v) is 19.9. The molecular weight excluding hydrogens is 432 g/mol. The minimum absolute atomic E-state index is 0.130. The van der Waals surface area contributed by atoms with Crippen molar-refractivity contribution >= 4 is 35.0 Å². The molecule has 31 heavy (non-hydrogen) atoms. The number of nitrogens with one attached hydrogen (secondary N) is 1. The normalized spacial score (nSPS) is 12.1. The molecule has 6 nitrogen and oxygen atoms in total. The molecule has 1 N–H and O–H groups in total. The second kappa shape index (κ2) is 10.2. The molecule has 0 fully saturated rings. The summed E-state index contributed by atoms with van der Waals surface area (Å²) in [6.07, 6.45) is -0.278. The highest BCUT2D eigenvalue weighted by molar-refractivity contribution is 7.99. The summed E-state index contributed by atoms with van der Waals surface area (Å²) in [6.45, 7) is 8.13. The maximum absolute atomic E-state index is 12.4. The molecule has 0 bridgehead atoms. The first-order valence-corrected chi connectivity index (χ1v) is 11.5. The molecule has 0 aliphatic rings. The smallest absolute Gasteiger partial charge is 0.234 e. The number of carbonyl (C=O) groups excluding carboxylic acids is 1. The zero-order valence-electron chi connectivity index (χ0n) is 18.3. The van der Waals surface area contributed by atoms with Gasteiger partial charge in [-0.15, -0.1) is 10.2 Å². The molecule has 1 unspecified atom stereocenters. The number of hydrogen-bond acceptors (Lipinski definition) is 5. The molecule has 0 saturated carbocycles. The highest BCUT2D eigenvalue weighted by Crippen LogP contribution is 2.26. The number of benzene rings is 2. The molecule has 1 atom stereocenters. The van der Waals surface area contributed by atoms with E-state index in [0.717, 1.165) is 11.3 Å². The predicted molar refractivity (Wildman–Crippen MR) is 126 cm³/mol. The molecule has 1 heterocycles. The van der Waals surface area contributed by atoms with Crippen LogP contribution >= 0.6 is 23.4 Å². The topological polar surface area (TPSA) is 69.0 Å². The van der Waals surface area contributed by atoms with Crippen LogP contribution in [-0.2, 0) is 11.8 Å². The second-order valence-corrected chi connectivity index (χ2v) is 8.98. The molecular formula is C23H27ClN4O2S. The van der Waals surface area contributed by atoms with E-state index in [4.69, 9.17) is 16.3 Å². The Labute approximate surface area is 192 Å². The monoisotopic (exact) mass is 458 g/mol. The first-order chi connectivity index (χ1) is 14.8. The predicted octanol–water partition coefficient (Wildman–Crippen LogP) is 5.77. The van der Waals surface area contributed by atoms with Gasteiger partial charge in [0.15, 0.2) is 17.1 Å². The van der Waals surface area contributed by atoms with Crippen molar-refractivity contribution in [2.24, 2.45) is 7.05 Å². The largest absolute Gasteiger partial charge is 0.483 e. The highest BCUT2D eigenvalue weighted by Gasteiger charge is 2.18. The van der Waals surface area contributed by atoms with Crippen molar-refractivity contribution in [2.75, 3.05) is 11.1 Å². The zero-order chi connectivity index (χ0) is 22.5. The van der Waals surface area contributed by atoms with Gasteiger partial charge in [-0.2, -0.15) is 0 Å². The van der Waals surface area contributed by atoms with E-state index in [9.17, 15) is 4.79 Å². The van der Waals surface area contributed by atoms with E-state index in [2.05, 4.69) is 41.5 Å². The number of thioether (sulfide) groups is 1. The Morgan fingerprint density at radius 1 is 1.16 bits per heavy atom. The van der Waals surface area contributed by atoms with E-state index in [1.807, 2.05) is 49.7 Å². The van der Waals surface area contributed by atoms with Crippen molar-refractivity contribution in [1.82, 2.24) is 14.8 Å². The van der Waals surface area contributed by atoms with Crippen molar-refractivity contribution in [2.45, 2.75) is 44.9 Å². The van der Waals surface area contributed by atoms with Crippen molar-refractivity contribution in [3.05, 3.63) is 64.4 Å². The van der Waals surface area contributed by atoms with Gasteiger partial charge in [-0.3, -0.25) is 4.79 Å². The van der Waals surface area contributed by atoms with Crippen LogP contribution in [0.1, 0.15) is 49.7 Å². The van der Waals surface area contributed by atoms with Crippen LogP contribution in [-0.4, -0.2) is 26.4 Å². The fraction of sp³-hybridized carbons (Fsp3) is 0.348. The van der Waals surface area contributed by atoms with Gasteiger partial charge in [-0.1, -0.05) is 55.4 Å². The van der Waals surface area contributed by atoms with E-state index in [1.54, 1.807) is 6.07 Å². The quantitative estimate of drug-likeness (QED) is 0.434. The number of carbonyl (C=O) groups is 1. The van der Waals surface area contributed by atoms with Gasteiger partial charge in [0.1, 0.15) is 5.75 Å². The van der Waals surface area contributed by atoms with Crippen molar-refractivity contribution < 1.29 is 9.53 Å². The maximum atomic E-state index is 12.4. The number of anilines is 1. The molecule has 1 amide bonds. The van der Waals surface area contributed by atoms with Gasteiger partial charge in [-0.25, -0.2) is 0 Å². The van der Waals surface area contributed by atoms with Crippen molar-refractivity contribution in [1.29, 1.82) is 0 Å². The summed E-state index contributed by atoms with van der Waals surface area (Å²) in [4.78, 5) is 12.4. The van der Waals surface area contributed by atoms with Gasteiger partial charge >= 0.3 is 0 Å². The number of halogens is 1. The Kier molecular flexibility index (Phi) is 7.62.